The van der Waals surface area contributed by atoms with Crippen LogP contribution in [-0.2, 0) is 0 Å². The molecule has 10 aromatic rings. The van der Waals surface area contributed by atoms with E-state index >= 15 is 0 Å². The summed E-state index contributed by atoms with van der Waals surface area (Å²) in [5.41, 5.74) is 6.58. The fourth-order valence-corrected chi connectivity index (χ4v) is 7.14. The Balaban J connectivity index is 1.18. The Bertz CT molecular complexity index is 2890. The molecule has 10 rings (SSSR count). The number of benzene rings is 8. The SMILES string of the molecule is c1ccc(-c2ccccc2-c2nc(-c3ccc4c(ccc5c6ccccc6ccc45)c3)nc(-c3ccc4c(c3)oc3ccccc34)n2)cc1. The number of furan rings is 1. The summed E-state index contributed by atoms with van der Waals surface area (Å²) in [6.07, 6.45) is 0. The molecule has 0 N–H and O–H groups in total. The lowest BCUT2D eigenvalue weighted by Gasteiger charge is -2.13. The lowest BCUT2D eigenvalue weighted by atomic mass is 9.96. The maximum atomic E-state index is 6.26. The summed E-state index contributed by atoms with van der Waals surface area (Å²) in [5, 5.41) is 9.48. The van der Waals surface area contributed by atoms with Crippen molar-refractivity contribution in [1.29, 1.82) is 0 Å². The predicted octanol–water partition coefficient (Wildman–Crippen LogP) is 11.9. The van der Waals surface area contributed by atoms with Crippen molar-refractivity contribution in [2.24, 2.45) is 0 Å². The number of aromatic nitrogens is 3. The van der Waals surface area contributed by atoms with E-state index in [1.807, 2.05) is 36.4 Å². The molecule has 4 heteroatoms. The maximum Gasteiger partial charge on any atom is 0.164 e. The van der Waals surface area contributed by atoms with E-state index in [0.717, 1.165) is 55.1 Å². The average Bonchev–Trinajstić information content (AvgIpc) is 3.55. The van der Waals surface area contributed by atoms with Crippen molar-refractivity contribution in [3.63, 3.8) is 0 Å². The fourth-order valence-electron chi connectivity index (χ4n) is 7.14. The number of hydrogen-bond acceptors (Lipinski definition) is 4. The van der Waals surface area contributed by atoms with Crippen molar-refractivity contribution in [2.75, 3.05) is 0 Å². The van der Waals surface area contributed by atoms with Crippen molar-refractivity contribution in [3.05, 3.63) is 164 Å². The van der Waals surface area contributed by atoms with Crippen LogP contribution in [0.4, 0.5) is 0 Å². The molecule has 0 amide bonds. The van der Waals surface area contributed by atoms with E-state index in [2.05, 4.69) is 127 Å². The second kappa shape index (κ2) is 11.0. The van der Waals surface area contributed by atoms with Crippen LogP contribution >= 0.6 is 0 Å². The van der Waals surface area contributed by atoms with E-state index in [9.17, 15) is 0 Å². The number of rotatable bonds is 4. The van der Waals surface area contributed by atoms with Crippen molar-refractivity contribution in [1.82, 2.24) is 15.0 Å². The van der Waals surface area contributed by atoms with Crippen molar-refractivity contribution >= 4 is 54.3 Å². The van der Waals surface area contributed by atoms with Gasteiger partial charge in [-0.2, -0.15) is 0 Å². The second-order valence-corrected chi connectivity index (χ2v) is 12.4. The molecule has 49 heavy (non-hydrogen) atoms. The van der Waals surface area contributed by atoms with E-state index in [0.29, 0.717) is 17.5 Å². The van der Waals surface area contributed by atoms with Crippen LogP contribution in [0, 0.1) is 0 Å². The van der Waals surface area contributed by atoms with Crippen molar-refractivity contribution < 1.29 is 4.42 Å². The first-order valence-corrected chi connectivity index (χ1v) is 16.4. The third-order valence-electron chi connectivity index (χ3n) is 9.53. The number of hydrogen-bond donors (Lipinski definition) is 0. The zero-order chi connectivity index (χ0) is 32.3. The summed E-state index contributed by atoms with van der Waals surface area (Å²) < 4.78 is 6.26. The van der Waals surface area contributed by atoms with Crippen LogP contribution in [0.5, 0.6) is 0 Å². The van der Waals surface area contributed by atoms with E-state index in [-0.39, 0.29) is 0 Å². The Kier molecular flexibility index (Phi) is 6.15. The molecule has 0 saturated heterocycles. The number of nitrogens with zero attached hydrogens (tertiary/aromatic N) is 3. The molecule has 0 aliphatic heterocycles. The topological polar surface area (TPSA) is 51.8 Å². The molecule has 0 saturated carbocycles. The van der Waals surface area contributed by atoms with Gasteiger partial charge in [0.05, 0.1) is 0 Å². The van der Waals surface area contributed by atoms with E-state index in [1.54, 1.807) is 0 Å². The third kappa shape index (κ3) is 4.57. The van der Waals surface area contributed by atoms with Gasteiger partial charge in [-0.15, -0.1) is 0 Å². The minimum atomic E-state index is 0.593. The van der Waals surface area contributed by atoms with Crippen LogP contribution in [0.1, 0.15) is 0 Å². The van der Waals surface area contributed by atoms with Crippen LogP contribution in [0.15, 0.2) is 168 Å². The molecule has 0 radical (unpaired) electrons. The normalized spacial score (nSPS) is 11.7. The van der Waals surface area contributed by atoms with E-state index < -0.39 is 0 Å². The highest BCUT2D eigenvalue weighted by Crippen LogP contribution is 2.37. The largest absolute Gasteiger partial charge is 0.456 e. The minimum absolute atomic E-state index is 0.593. The summed E-state index contributed by atoms with van der Waals surface area (Å²) in [7, 11) is 0. The minimum Gasteiger partial charge on any atom is -0.456 e. The zero-order valence-electron chi connectivity index (χ0n) is 26.3. The molecule has 4 nitrogen and oxygen atoms in total. The Morgan fingerprint density at radius 2 is 0.857 bits per heavy atom. The van der Waals surface area contributed by atoms with Gasteiger partial charge in [-0.3, -0.25) is 0 Å². The van der Waals surface area contributed by atoms with Crippen LogP contribution in [-0.4, -0.2) is 15.0 Å². The Morgan fingerprint density at radius 3 is 1.67 bits per heavy atom. The summed E-state index contributed by atoms with van der Waals surface area (Å²) in [6, 6.07) is 57.0. The standard InChI is InChI=1S/C45H27N3O/c1-2-10-28(11-3-1)34-14-6-7-16-40(34)45-47-43(46-44(48-45)32-21-25-39-38-15-8-9-17-41(38)49-42(39)27-32)31-20-22-35-30(26-31)19-24-36-33-13-5-4-12-29(33)18-23-37(35)36/h1-27H. The molecule has 2 heterocycles. The Hall–Kier alpha value is -6.65. The maximum absolute atomic E-state index is 6.26. The summed E-state index contributed by atoms with van der Waals surface area (Å²) in [4.78, 5) is 15.4. The van der Waals surface area contributed by atoms with Gasteiger partial charge in [-0.25, -0.2) is 15.0 Å². The number of fused-ring (bicyclic) bond motifs is 8. The van der Waals surface area contributed by atoms with Gasteiger partial charge in [0.2, 0.25) is 0 Å². The van der Waals surface area contributed by atoms with Gasteiger partial charge in [0.15, 0.2) is 17.5 Å². The van der Waals surface area contributed by atoms with E-state index in [1.165, 1.54) is 26.9 Å². The molecule has 0 atom stereocenters. The highest BCUT2D eigenvalue weighted by atomic mass is 16.3. The van der Waals surface area contributed by atoms with Crippen molar-refractivity contribution in [2.45, 2.75) is 0 Å². The van der Waals surface area contributed by atoms with Crippen LogP contribution < -0.4 is 0 Å². The summed E-state index contributed by atoms with van der Waals surface area (Å²) in [6.45, 7) is 0. The van der Waals surface area contributed by atoms with Gasteiger partial charge in [-0.1, -0.05) is 140 Å². The van der Waals surface area contributed by atoms with E-state index in [4.69, 9.17) is 19.4 Å². The highest BCUT2D eigenvalue weighted by molar-refractivity contribution is 6.17. The fraction of sp³-hybridized carbons (Fsp3) is 0. The predicted molar refractivity (Wildman–Crippen MR) is 201 cm³/mol. The molecule has 0 unspecified atom stereocenters. The quantitative estimate of drug-likeness (QED) is 0.183. The monoisotopic (exact) mass is 625 g/mol. The molecule has 8 aromatic carbocycles. The first kappa shape index (κ1) is 27.5. The average molecular weight is 626 g/mol. The smallest absolute Gasteiger partial charge is 0.164 e. The summed E-state index contributed by atoms with van der Waals surface area (Å²) in [5.74, 6) is 1.83. The first-order valence-electron chi connectivity index (χ1n) is 16.4. The van der Waals surface area contributed by atoms with Gasteiger partial charge in [0.1, 0.15) is 11.2 Å². The lowest BCUT2D eigenvalue weighted by Crippen LogP contribution is -2.01. The second-order valence-electron chi connectivity index (χ2n) is 12.4. The van der Waals surface area contributed by atoms with Gasteiger partial charge in [-0.05, 0) is 67.7 Å². The Labute approximate surface area is 282 Å². The molecule has 0 spiro atoms. The molecular formula is C45H27N3O. The van der Waals surface area contributed by atoms with Gasteiger partial charge >= 0.3 is 0 Å². The molecule has 2 aromatic heterocycles. The molecule has 0 bridgehead atoms. The summed E-state index contributed by atoms with van der Waals surface area (Å²) >= 11 is 0. The first-order chi connectivity index (χ1) is 24.3. The van der Waals surface area contributed by atoms with Crippen LogP contribution in [0.2, 0.25) is 0 Å². The molecule has 0 aliphatic rings. The number of para-hydroxylation sites is 1. The van der Waals surface area contributed by atoms with Crippen LogP contribution in [0.3, 0.4) is 0 Å². The molecule has 0 fully saturated rings. The highest BCUT2D eigenvalue weighted by Gasteiger charge is 2.17. The zero-order valence-corrected chi connectivity index (χ0v) is 26.3. The van der Waals surface area contributed by atoms with Gasteiger partial charge in [0.25, 0.3) is 0 Å². The third-order valence-corrected chi connectivity index (χ3v) is 9.53. The van der Waals surface area contributed by atoms with Gasteiger partial charge < -0.3 is 4.42 Å². The van der Waals surface area contributed by atoms with Crippen molar-refractivity contribution in [3.8, 4) is 45.3 Å². The van der Waals surface area contributed by atoms with Crippen LogP contribution in [0.25, 0.3) is 99.5 Å². The molecular weight excluding hydrogens is 599 g/mol. The lowest BCUT2D eigenvalue weighted by molar-refractivity contribution is 0.669. The molecule has 228 valence electrons. The van der Waals surface area contributed by atoms with Gasteiger partial charge in [0, 0.05) is 27.5 Å². The molecule has 0 aliphatic carbocycles. The Morgan fingerprint density at radius 1 is 0.306 bits per heavy atom.